The number of likely N-dealkylation sites (tertiary alicyclic amines) is 1. The van der Waals surface area contributed by atoms with Crippen molar-refractivity contribution in [2.24, 2.45) is 11.7 Å². The van der Waals surface area contributed by atoms with E-state index in [0.29, 0.717) is 29.0 Å². The van der Waals surface area contributed by atoms with Crippen molar-refractivity contribution < 1.29 is 14.3 Å². The number of hydrogen-bond donors (Lipinski definition) is 2. The minimum Gasteiger partial charge on any atom is -0.493 e. The lowest BCUT2D eigenvalue weighted by Gasteiger charge is -2.16. The monoisotopic (exact) mass is 369 g/mol. The van der Waals surface area contributed by atoms with Crippen LogP contribution in [0.1, 0.15) is 25.3 Å². The normalized spacial score (nSPS) is 17.6. The predicted octanol–water partition coefficient (Wildman–Crippen LogP) is 2.03. The zero-order valence-corrected chi connectivity index (χ0v) is 15.8. The van der Waals surface area contributed by atoms with E-state index >= 15 is 0 Å². The highest BCUT2D eigenvalue weighted by Gasteiger charge is 2.21. The summed E-state index contributed by atoms with van der Waals surface area (Å²) in [6.07, 6.45) is 2.46. The van der Waals surface area contributed by atoms with Crippen LogP contribution in [0.25, 0.3) is 0 Å². The molecule has 0 aromatic heterocycles. The molecule has 0 aliphatic carbocycles. The second-order valence-electron chi connectivity index (χ2n) is 6.45. The number of nitrogens with one attached hydrogen (secondary N) is 1. The van der Waals surface area contributed by atoms with Crippen LogP contribution in [0.4, 0.5) is 0 Å². The number of amides is 1. The minimum atomic E-state index is -0.558. The molecule has 1 aliphatic rings. The van der Waals surface area contributed by atoms with E-state index in [0.717, 1.165) is 12.1 Å². The first-order valence-corrected chi connectivity index (χ1v) is 9.11. The van der Waals surface area contributed by atoms with Gasteiger partial charge in [0.15, 0.2) is 18.1 Å². The zero-order valence-electron chi connectivity index (χ0n) is 15.0. The predicted molar refractivity (Wildman–Crippen MR) is 99.2 cm³/mol. The van der Waals surface area contributed by atoms with Gasteiger partial charge in [-0.15, -0.1) is 0 Å². The van der Waals surface area contributed by atoms with Crippen LogP contribution in [-0.2, 0) is 11.3 Å². The molecule has 2 rings (SSSR count). The number of carbonyl (C=O) groups is 1. The molecule has 7 heteroatoms. The molecule has 140 valence electrons. The van der Waals surface area contributed by atoms with Gasteiger partial charge in [-0.2, -0.15) is 0 Å². The molecule has 0 saturated carbocycles. The van der Waals surface area contributed by atoms with Crippen molar-refractivity contribution >= 4 is 17.5 Å². The molecule has 1 aromatic rings. The molecule has 25 heavy (non-hydrogen) atoms. The number of rotatable bonds is 10. The Morgan fingerprint density at radius 1 is 1.48 bits per heavy atom. The summed E-state index contributed by atoms with van der Waals surface area (Å²) in [6, 6.07) is 3.69. The lowest BCUT2D eigenvalue weighted by Crippen LogP contribution is -2.26. The summed E-state index contributed by atoms with van der Waals surface area (Å²) in [5, 5.41) is 3.91. The maximum absolute atomic E-state index is 10.9. The van der Waals surface area contributed by atoms with Gasteiger partial charge in [-0.25, -0.2) is 0 Å². The van der Waals surface area contributed by atoms with E-state index < -0.39 is 5.91 Å². The van der Waals surface area contributed by atoms with Crippen LogP contribution < -0.4 is 20.5 Å². The molecular formula is C18H28ClN3O3. The first-order valence-electron chi connectivity index (χ1n) is 8.74. The van der Waals surface area contributed by atoms with Crippen LogP contribution in [-0.4, -0.2) is 50.7 Å². The molecule has 1 heterocycles. The topological polar surface area (TPSA) is 76.8 Å². The Morgan fingerprint density at radius 3 is 2.96 bits per heavy atom. The van der Waals surface area contributed by atoms with E-state index in [2.05, 4.69) is 17.1 Å². The zero-order chi connectivity index (χ0) is 18.2. The Kier molecular flexibility index (Phi) is 7.81. The molecule has 1 atom stereocenters. The van der Waals surface area contributed by atoms with Crippen molar-refractivity contribution in [1.82, 2.24) is 10.2 Å². The minimum absolute atomic E-state index is 0.233. The highest BCUT2D eigenvalue weighted by atomic mass is 35.5. The lowest BCUT2D eigenvalue weighted by atomic mass is 10.1. The summed E-state index contributed by atoms with van der Waals surface area (Å²) >= 11 is 6.27. The summed E-state index contributed by atoms with van der Waals surface area (Å²) in [7, 11) is 1.54. The molecule has 1 saturated heterocycles. The third-order valence-corrected chi connectivity index (χ3v) is 4.60. The maximum Gasteiger partial charge on any atom is 0.255 e. The van der Waals surface area contributed by atoms with E-state index in [1.807, 2.05) is 12.1 Å². The van der Waals surface area contributed by atoms with Crippen molar-refractivity contribution in [3.8, 4) is 11.5 Å². The number of hydrogen-bond acceptors (Lipinski definition) is 5. The fourth-order valence-electron chi connectivity index (χ4n) is 3.18. The van der Waals surface area contributed by atoms with Crippen LogP contribution in [0.2, 0.25) is 5.02 Å². The third-order valence-electron chi connectivity index (χ3n) is 4.32. The van der Waals surface area contributed by atoms with E-state index in [-0.39, 0.29) is 6.61 Å². The lowest BCUT2D eigenvalue weighted by molar-refractivity contribution is -0.119. The molecule has 1 fully saturated rings. The molecule has 1 unspecified atom stereocenters. The van der Waals surface area contributed by atoms with Gasteiger partial charge < -0.3 is 25.4 Å². The van der Waals surface area contributed by atoms with Crippen molar-refractivity contribution in [3.05, 3.63) is 22.7 Å². The molecule has 0 spiro atoms. The van der Waals surface area contributed by atoms with Crippen LogP contribution in [0.3, 0.4) is 0 Å². The Labute approximate surface area is 154 Å². The van der Waals surface area contributed by atoms with Gasteiger partial charge in [0.1, 0.15) is 0 Å². The molecule has 0 bridgehead atoms. The van der Waals surface area contributed by atoms with Gasteiger partial charge >= 0.3 is 0 Å². The van der Waals surface area contributed by atoms with E-state index in [4.69, 9.17) is 26.8 Å². The molecule has 0 radical (unpaired) electrons. The third kappa shape index (κ3) is 6.06. The number of nitrogens with zero attached hydrogens (tertiary/aromatic N) is 1. The quantitative estimate of drug-likeness (QED) is 0.660. The van der Waals surface area contributed by atoms with Crippen molar-refractivity contribution in [1.29, 1.82) is 0 Å². The number of halogens is 1. The second-order valence-corrected chi connectivity index (χ2v) is 6.86. The highest BCUT2D eigenvalue weighted by Crippen LogP contribution is 2.36. The molecule has 6 nitrogen and oxygen atoms in total. The largest absolute Gasteiger partial charge is 0.493 e. The first-order chi connectivity index (χ1) is 12.0. The SMILES string of the molecule is CCCN1CCC(CNCc2cc(Cl)c(OCC(N)=O)c(OC)c2)C1. The number of benzene rings is 1. The van der Waals surface area contributed by atoms with Gasteiger partial charge in [-0.1, -0.05) is 18.5 Å². The summed E-state index contributed by atoms with van der Waals surface area (Å²) in [6.45, 7) is 7.24. The van der Waals surface area contributed by atoms with Crippen molar-refractivity contribution in [2.45, 2.75) is 26.3 Å². The molecule has 1 aliphatic heterocycles. The van der Waals surface area contributed by atoms with E-state index in [1.165, 1.54) is 32.5 Å². The number of primary amides is 1. The van der Waals surface area contributed by atoms with Crippen LogP contribution >= 0.6 is 11.6 Å². The Bertz CT molecular complexity index is 583. The van der Waals surface area contributed by atoms with E-state index in [9.17, 15) is 4.79 Å². The second kappa shape index (κ2) is 9.85. The average Bonchev–Trinajstić information content (AvgIpc) is 3.01. The molecule has 1 amide bonds. The number of nitrogens with two attached hydrogens (primary N) is 1. The fourth-order valence-corrected chi connectivity index (χ4v) is 3.47. The van der Waals surface area contributed by atoms with Crippen molar-refractivity contribution in [3.63, 3.8) is 0 Å². The summed E-state index contributed by atoms with van der Waals surface area (Å²) < 4.78 is 10.7. The van der Waals surface area contributed by atoms with Gasteiger partial charge in [-0.05, 0) is 56.1 Å². The number of ether oxygens (including phenoxy) is 2. The van der Waals surface area contributed by atoms with Gasteiger partial charge in [0.05, 0.1) is 12.1 Å². The Balaban J connectivity index is 1.87. The molecule has 1 aromatic carbocycles. The smallest absolute Gasteiger partial charge is 0.255 e. The highest BCUT2D eigenvalue weighted by molar-refractivity contribution is 6.32. The van der Waals surface area contributed by atoms with Crippen LogP contribution in [0, 0.1) is 5.92 Å². The summed E-state index contributed by atoms with van der Waals surface area (Å²) in [5.74, 6) is 0.984. The summed E-state index contributed by atoms with van der Waals surface area (Å²) in [4.78, 5) is 13.4. The van der Waals surface area contributed by atoms with Gasteiger partial charge in [-0.3, -0.25) is 4.79 Å². The summed E-state index contributed by atoms with van der Waals surface area (Å²) in [5.41, 5.74) is 6.12. The van der Waals surface area contributed by atoms with Gasteiger partial charge in [0, 0.05) is 13.1 Å². The first kappa shape index (κ1) is 19.8. The number of methoxy groups -OCH3 is 1. The van der Waals surface area contributed by atoms with E-state index in [1.54, 1.807) is 7.11 Å². The molecule has 3 N–H and O–H groups in total. The Morgan fingerprint density at radius 2 is 2.28 bits per heavy atom. The number of carbonyl (C=O) groups excluding carboxylic acids is 1. The average molecular weight is 370 g/mol. The fraction of sp³-hybridized carbons (Fsp3) is 0.611. The Hall–Kier alpha value is -1.50. The van der Waals surface area contributed by atoms with Crippen molar-refractivity contribution in [2.75, 3.05) is 39.9 Å². The maximum atomic E-state index is 10.9. The molecular weight excluding hydrogens is 342 g/mol. The van der Waals surface area contributed by atoms with Crippen LogP contribution in [0.15, 0.2) is 12.1 Å². The standard InChI is InChI=1S/C18H28ClN3O3/c1-3-5-22-6-4-13(11-22)9-21-10-14-7-15(19)18(16(8-14)24-2)25-12-17(20)23/h7-8,13,21H,3-6,9-12H2,1-2H3,(H2,20,23). The van der Waals surface area contributed by atoms with Crippen LogP contribution in [0.5, 0.6) is 11.5 Å². The van der Waals surface area contributed by atoms with Gasteiger partial charge in [0.25, 0.3) is 5.91 Å². The van der Waals surface area contributed by atoms with Gasteiger partial charge in [0.2, 0.25) is 0 Å².